The highest BCUT2D eigenvalue weighted by Crippen LogP contribution is 2.22. The summed E-state index contributed by atoms with van der Waals surface area (Å²) in [5, 5.41) is 0. The fraction of sp³-hybridized carbons (Fsp3) is 0.385. The number of hydrogen-bond donors (Lipinski definition) is 1. The van der Waals surface area contributed by atoms with Gasteiger partial charge < -0.3 is 20.1 Å². The first-order valence-electron chi connectivity index (χ1n) is 5.72. The molecule has 1 atom stereocenters. The smallest absolute Gasteiger partial charge is 0.339 e. The second-order valence-corrected chi connectivity index (χ2v) is 4.24. The quantitative estimate of drug-likeness (QED) is 0.647. The lowest BCUT2D eigenvalue weighted by molar-refractivity contribution is -0.137. The number of rotatable bonds is 4. The lowest BCUT2D eigenvalue weighted by Crippen LogP contribution is -2.34. The van der Waals surface area contributed by atoms with Crippen LogP contribution in [0.25, 0.3) is 0 Å². The average molecular weight is 266 g/mol. The highest BCUT2D eigenvalue weighted by atomic mass is 16.5. The number of anilines is 1. The first kappa shape index (κ1) is 14.8. The Balaban J connectivity index is 2.81. The number of carbonyl (C=O) groups is 2. The van der Waals surface area contributed by atoms with Gasteiger partial charge >= 0.3 is 5.97 Å². The molecule has 1 aromatic carbocycles. The molecule has 0 aliphatic heterocycles. The summed E-state index contributed by atoms with van der Waals surface area (Å²) in [7, 11) is 4.65. The maximum absolute atomic E-state index is 11.9. The van der Waals surface area contributed by atoms with Gasteiger partial charge in [0.15, 0.2) is 6.10 Å². The van der Waals surface area contributed by atoms with Crippen LogP contribution >= 0.6 is 0 Å². The first-order chi connectivity index (χ1) is 8.86. The van der Waals surface area contributed by atoms with E-state index < -0.39 is 12.1 Å². The van der Waals surface area contributed by atoms with Crippen molar-refractivity contribution in [1.82, 2.24) is 4.90 Å². The molecule has 0 bridgehead atoms. The molecule has 1 unspecified atom stereocenters. The molecule has 19 heavy (non-hydrogen) atoms. The Morgan fingerprint density at radius 1 is 1.32 bits per heavy atom. The molecule has 0 saturated carbocycles. The Bertz CT molecular complexity index is 486. The van der Waals surface area contributed by atoms with Crippen molar-refractivity contribution in [2.24, 2.45) is 0 Å². The molecular formula is C13H18N2O4. The third-order valence-electron chi connectivity index (χ3n) is 2.54. The summed E-state index contributed by atoms with van der Waals surface area (Å²) in [5.41, 5.74) is 6.36. The summed E-state index contributed by atoms with van der Waals surface area (Å²) < 4.78 is 10.1. The highest BCUT2D eigenvalue weighted by molar-refractivity contribution is 5.93. The number of methoxy groups -OCH3 is 1. The second-order valence-electron chi connectivity index (χ2n) is 4.24. The summed E-state index contributed by atoms with van der Waals surface area (Å²) in [5.74, 6) is -0.488. The van der Waals surface area contributed by atoms with Crippen LogP contribution < -0.4 is 10.5 Å². The second kappa shape index (κ2) is 6.08. The average Bonchev–Trinajstić information content (AvgIpc) is 2.37. The molecule has 0 aliphatic carbocycles. The number of carbonyl (C=O) groups excluding carboxylic acids is 2. The van der Waals surface area contributed by atoms with E-state index in [1.807, 2.05) is 0 Å². The Labute approximate surface area is 112 Å². The molecular weight excluding hydrogens is 248 g/mol. The zero-order chi connectivity index (χ0) is 14.6. The van der Waals surface area contributed by atoms with Crippen LogP contribution in [-0.2, 0) is 9.53 Å². The van der Waals surface area contributed by atoms with Crippen molar-refractivity contribution in [1.29, 1.82) is 0 Å². The van der Waals surface area contributed by atoms with Crippen molar-refractivity contribution in [2.75, 3.05) is 26.9 Å². The van der Waals surface area contributed by atoms with E-state index in [4.69, 9.17) is 15.2 Å². The predicted molar refractivity (Wildman–Crippen MR) is 71.0 cm³/mol. The van der Waals surface area contributed by atoms with E-state index in [1.54, 1.807) is 20.2 Å². The molecule has 0 radical (unpaired) electrons. The number of amides is 1. The molecule has 2 N–H and O–H groups in total. The molecule has 0 aliphatic rings. The molecule has 104 valence electrons. The topological polar surface area (TPSA) is 81.9 Å². The molecule has 0 spiro atoms. The number of hydrogen-bond acceptors (Lipinski definition) is 5. The maximum Gasteiger partial charge on any atom is 0.339 e. The van der Waals surface area contributed by atoms with Crippen molar-refractivity contribution >= 4 is 17.6 Å². The van der Waals surface area contributed by atoms with E-state index in [2.05, 4.69) is 0 Å². The van der Waals surface area contributed by atoms with Crippen LogP contribution in [-0.4, -0.2) is 44.1 Å². The minimum absolute atomic E-state index is 0.282. The van der Waals surface area contributed by atoms with E-state index in [0.29, 0.717) is 11.4 Å². The molecule has 0 aromatic heterocycles. The molecule has 0 fully saturated rings. The van der Waals surface area contributed by atoms with Gasteiger partial charge in [-0.25, -0.2) is 4.79 Å². The van der Waals surface area contributed by atoms with Gasteiger partial charge in [-0.05, 0) is 25.1 Å². The minimum Gasteiger partial charge on any atom is -0.495 e. The Kier molecular flexibility index (Phi) is 4.74. The van der Waals surface area contributed by atoms with E-state index in [9.17, 15) is 9.59 Å². The standard InChI is InChI=1S/C13H18N2O4/c1-8(12(16)15(2)3)19-13(17)9-5-6-10(14)11(7-9)18-4/h5-8H,14H2,1-4H3. The van der Waals surface area contributed by atoms with Gasteiger partial charge in [-0.3, -0.25) is 4.79 Å². The van der Waals surface area contributed by atoms with Crippen LogP contribution in [0.5, 0.6) is 5.75 Å². The summed E-state index contributed by atoms with van der Waals surface area (Å²) in [6, 6.07) is 4.55. The number of nitrogens with two attached hydrogens (primary N) is 1. The lowest BCUT2D eigenvalue weighted by atomic mass is 10.2. The van der Waals surface area contributed by atoms with Gasteiger partial charge in [0.2, 0.25) is 0 Å². The molecule has 1 rings (SSSR count). The van der Waals surface area contributed by atoms with E-state index >= 15 is 0 Å². The summed E-state index contributed by atoms with van der Waals surface area (Å²) in [6.45, 7) is 1.52. The lowest BCUT2D eigenvalue weighted by Gasteiger charge is -2.17. The van der Waals surface area contributed by atoms with Crippen molar-refractivity contribution in [3.8, 4) is 5.75 Å². The van der Waals surface area contributed by atoms with Crippen molar-refractivity contribution in [3.63, 3.8) is 0 Å². The van der Waals surface area contributed by atoms with Crippen molar-refractivity contribution in [2.45, 2.75) is 13.0 Å². The van der Waals surface area contributed by atoms with Gasteiger partial charge in [0.05, 0.1) is 18.4 Å². The zero-order valence-electron chi connectivity index (χ0n) is 11.5. The van der Waals surface area contributed by atoms with Crippen LogP contribution in [0.3, 0.4) is 0 Å². The molecule has 6 nitrogen and oxygen atoms in total. The molecule has 0 heterocycles. The number of ether oxygens (including phenoxy) is 2. The van der Waals surface area contributed by atoms with Crippen LogP contribution in [0.1, 0.15) is 17.3 Å². The van der Waals surface area contributed by atoms with Crippen molar-refractivity contribution < 1.29 is 19.1 Å². The van der Waals surface area contributed by atoms with Gasteiger partial charge in [0, 0.05) is 14.1 Å². The highest BCUT2D eigenvalue weighted by Gasteiger charge is 2.20. The summed E-state index contributed by atoms with van der Waals surface area (Å²) >= 11 is 0. The van der Waals surface area contributed by atoms with Crippen LogP contribution in [0.2, 0.25) is 0 Å². The van der Waals surface area contributed by atoms with Crippen LogP contribution in [0, 0.1) is 0 Å². The van der Waals surface area contributed by atoms with E-state index in [-0.39, 0.29) is 11.5 Å². The van der Waals surface area contributed by atoms with E-state index in [1.165, 1.54) is 31.1 Å². The van der Waals surface area contributed by atoms with Gasteiger partial charge in [0.25, 0.3) is 5.91 Å². The predicted octanol–water partition coefficient (Wildman–Crippen LogP) is 0.911. The summed E-state index contributed by atoms with van der Waals surface area (Å²) in [6.07, 6.45) is -0.842. The third-order valence-corrected chi connectivity index (χ3v) is 2.54. The normalized spacial score (nSPS) is 11.6. The Morgan fingerprint density at radius 3 is 2.47 bits per heavy atom. The van der Waals surface area contributed by atoms with Gasteiger partial charge in [-0.2, -0.15) is 0 Å². The number of benzene rings is 1. The van der Waals surface area contributed by atoms with Gasteiger partial charge in [-0.15, -0.1) is 0 Å². The molecule has 6 heteroatoms. The van der Waals surface area contributed by atoms with Gasteiger partial charge in [-0.1, -0.05) is 0 Å². The number of esters is 1. The van der Waals surface area contributed by atoms with E-state index in [0.717, 1.165) is 0 Å². The minimum atomic E-state index is -0.842. The SMILES string of the molecule is COc1cc(C(=O)OC(C)C(=O)N(C)C)ccc1N. The van der Waals surface area contributed by atoms with Gasteiger partial charge in [0.1, 0.15) is 5.75 Å². The molecule has 1 aromatic rings. The fourth-order valence-corrected chi connectivity index (χ4v) is 1.48. The number of nitrogen functional groups attached to an aromatic ring is 1. The number of nitrogens with zero attached hydrogens (tertiary/aromatic N) is 1. The Morgan fingerprint density at radius 2 is 1.95 bits per heavy atom. The van der Waals surface area contributed by atoms with Crippen LogP contribution in [0.15, 0.2) is 18.2 Å². The van der Waals surface area contributed by atoms with Crippen LogP contribution in [0.4, 0.5) is 5.69 Å². The zero-order valence-corrected chi connectivity index (χ0v) is 11.5. The number of likely N-dealkylation sites (N-methyl/N-ethyl adjacent to an activating group) is 1. The molecule has 0 saturated heterocycles. The fourth-order valence-electron chi connectivity index (χ4n) is 1.48. The third kappa shape index (κ3) is 3.61. The summed E-state index contributed by atoms with van der Waals surface area (Å²) in [4.78, 5) is 24.8. The first-order valence-corrected chi connectivity index (χ1v) is 5.72. The maximum atomic E-state index is 11.9. The largest absolute Gasteiger partial charge is 0.495 e. The van der Waals surface area contributed by atoms with Crippen molar-refractivity contribution in [3.05, 3.63) is 23.8 Å². The Hall–Kier alpha value is -2.24. The monoisotopic (exact) mass is 266 g/mol. The molecule has 1 amide bonds.